The second kappa shape index (κ2) is 8.38. The molecule has 0 bridgehead atoms. The van der Waals surface area contributed by atoms with E-state index in [1.807, 2.05) is 0 Å². The van der Waals surface area contributed by atoms with Gasteiger partial charge >= 0.3 is 125 Å². The number of benzene rings is 1. The van der Waals surface area contributed by atoms with Crippen molar-refractivity contribution in [2.24, 2.45) is 0 Å². The molecular formula is C14H17BClF4NTe. The zero-order valence-corrected chi connectivity index (χ0v) is 15.6. The molecule has 1 heterocycles. The van der Waals surface area contributed by atoms with Crippen molar-refractivity contribution in [3.63, 3.8) is 0 Å². The number of rotatable bonds is 3. The Labute approximate surface area is 142 Å². The maximum Gasteiger partial charge on any atom is 0.673 e. The Bertz CT molecular complexity index is 661. The number of allylic oxidation sites excluding steroid dienone is 1. The molecule has 2 aromatic rings. The normalized spacial score (nSPS) is 12.3. The van der Waals surface area contributed by atoms with E-state index in [0.29, 0.717) is 0 Å². The smallest absolute Gasteiger partial charge is 0.418 e. The molecule has 1 aromatic heterocycles. The zero-order chi connectivity index (χ0) is 16.9. The molecule has 0 fully saturated rings. The summed E-state index contributed by atoms with van der Waals surface area (Å²) in [6.45, 7) is 6.48. The molecule has 2 rings (SSSR count). The van der Waals surface area contributed by atoms with Crippen LogP contribution in [0.25, 0.3) is 15.0 Å². The van der Waals surface area contributed by atoms with Gasteiger partial charge in [-0.3, -0.25) is 0 Å². The molecule has 0 radical (unpaired) electrons. The van der Waals surface area contributed by atoms with Crippen molar-refractivity contribution in [1.82, 2.24) is 0 Å². The summed E-state index contributed by atoms with van der Waals surface area (Å²) in [6, 6.07) is 6.81. The molecule has 0 N–H and O–H groups in total. The molecule has 0 spiro atoms. The first-order valence-electron chi connectivity index (χ1n) is 6.83. The molecule has 0 atom stereocenters. The van der Waals surface area contributed by atoms with Crippen LogP contribution in [0.3, 0.4) is 0 Å². The Morgan fingerprint density at radius 2 is 1.86 bits per heavy atom. The molecule has 1 aromatic carbocycles. The summed E-state index contributed by atoms with van der Waals surface area (Å²) in [6.07, 6.45) is 4.13. The molecule has 0 amide bonds. The van der Waals surface area contributed by atoms with Crippen molar-refractivity contribution in [3.8, 4) is 0 Å². The molecule has 0 aliphatic heterocycles. The zero-order valence-electron chi connectivity index (χ0n) is 12.5. The van der Waals surface area contributed by atoms with Gasteiger partial charge in [-0.2, -0.15) is 0 Å². The summed E-state index contributed by atoms with van der Waals surface area (Å²) in [5, 5.41) is 2.40. The Morgan fingerprint density at radius 3 is 2.36 bits per heavy atom. The minimum atomic E-state index is -6.00. The summed E-state index contributed by atoms with van der Waals surface area (Å²) in [5.74, 6) is 0. The summed E-state index contributed by atoms with van der Waals surface area (Å²) >= 11 is 5.87. The molecule has 122 valence electrons. The molecule has 22 heavy (non-hydrogen) atoms. The Morgan fingerprint density at radius 1 is 1.27 bits per heavy atom. The van der Waals surface area contributed by atoms with Gasteiger partial charge in [0.25, 0.3) is 0 Å². The van der Waals surface area contributed by atoms with Crippen LogP contribution < -0.4 is 2.79 Å². The van der Waals surface area contributed by atoms with Gasteiger partial charge in [-0.15, -0.1) is 0 Å². The van der Waals surface area contributed by atoms with Crippen LogP contribution in [0.2, 0.25) is 0 Å². The largest absolute Gasteiger partial charge is 0.673 e. The number of halogens is 5. The van der Waals surface area contributed by atoms with Crippen molar-refractivity contribution >= 4 is 54.6 Å². The molecular weight excluding hydrogens is 432 g/mol. The summed E-state index contributed by atoms with van der Waals surface area (Å²) in [5.41, 5.74) is 2.78. The third-order valence-electron chi connectivity index (χ3n) is 2.84. The fraction of sp³-hybridized carbons (Fsp3) is 0.357. The first kappa shape index (κ1) is 19.5. The van der Waals surface area contributed by atoms with Gasteiger partial charge in [0.2, 0.25) is 0 Å². The first-order chi connectivity index (χ1) is 10.2. The van der Waals surface area contributed by atoms with Crippen molar-refractivity contribution < 1.29 is 20.1 Å². The molecule has 0 saturated heterocycles. The average Bonchev–Trinajstić information content (AvgIpc) is 2.73. The quantitative estimate of drug-likeness (QED) is 0.469. The van der Waals surface area contributed by atoms with E-state index in [0.717, 1.165) is 17.9 Å². The summed E-state index contributed by atoms with van der Waals surface area (Å²) in [4.78, 5) is 0. The van der Waals surface area contributed by atoms with Crippen LogP contribution in [0.1, 0.15) is 31.5 Å². The van der Waals surface area contributed by atoms with E-state index in [4.69, 9.17) is 11.6 Å². The Balaban J connectivity index is 0.000000422. The molecule has 1 nitrogen and oxygen atoms in total. The van der Waals surface area contributed by atoms with Gasteiger partial charge in [0.15, 0.2) is 0 Å². The van der Waals surface area contributed by atoms with Gasteiger partial charge in [-0.1, -0.05) is 0 Å². The van der Waals surface area contributed by atoms with Crippen LogP contribution >= 0.6 is 11.6 Å². The van der Waals surface area contributed by atoms with Crippen molar-refractivity contribution in [2.75, 3.05) is 0 Å². The van der Waals surface area contributed by atoms with Crippen LogP contribution in [0.5, 0.6) is 0 Å². The molecule has 8 heteroatoms. The molecule has 0 aliphatic rings. The average molecular weight is 449 g/mol. The van der Waals surface area contributed by atoms with E-state index in [9.17, 15) is 17.3 Å². The van der Waals surface area contributed by atoms with Gasteiger partial charge in [0.05, 0.1) is 0 Å². The molecule has 0 saturated carbocycles. The minimum absolute atomic E-state index is 0.300. The fourth-order valence-corrected chi connectivity index (χ4v) is 5.41. The van der Waals surface area contributed by atoms with E-state index in [-0.39, 0.29) is 20.7 Å². The topological polar surface area (TPSA) is 3.88 Å². The Kier molecular flexibility index (Phi) is 7.44. The third kappa shape index (κ3) is 6.32. The van der Waals surface area contributed by atoms with E-state index in [2.05, 4.69) is 48.0 Å². The number of nitrogens with zero attached hydrogens (tertiary/aromatic N) is 1. The van der Waals surface area contributed by atoms with Crippen molar-refractivity contribution in [1.29, 1.82) is 0 Å². The third-order valence-corrected chi connectivity index (χ3v) is 6.27. The summed E-state index contributed by atoms with van der Waals surface area (Å²) < 4.78 is 43.0. The minimum Gasteiger partial charge on any atom is -0.418 e. The number of hydrogen-bond donors (Lipinski definition) is 0. The van der Waals surface area contributed by atoms with E-state index < -0.39 is 7.25 Å². The van der Waals surface area contributed by atoms with Gasteiger partial charge in [-0.05, 0) is 0 Å². The van der Waals surface area contributed by atoms with E-state index in [1.165, 1.54) is 20.0 Å². The van der Waals surface area contributed by atoms with Crippen LogP contribution in [0, 0.1) is 6.92 Å². The standard InChI is InChI=1S/C14H17ClNTe.BF4/c1-4-11(15)9-16-13(5-2)12-8-10(3)6-7-14(12)17-16;2-1(3,4)5/h6-9H,4-5H2,1-3H3;/q+1;-1. The fourth-order valence-electron chi connectivity index (χ4n) is 1.90. The van der Waals surface area contributed by atoms with Gasteiger partial charge in [0, 0.05) is 0 Å². The monoisotopic (exact) mass is 451 g/mol. The van der Waals surface area contributed by atoms with E-state index in [1.54, 1.807) is 0 Å². The van der Waals surface area contributed by atoms with Crippen LogP contribution in [-0.2, 0) is 6.42 Å². The van der Waals surface area contributed by atoms with Crippen LogP contribution in [-0.4, -0.2) is 28.0 Å². The number of aryl methyl sites for hydroxylation is 2. The predicted octanol–water partition coefficient (Wildman–Crippen LogP) is 4.80. The number of aromatic nitrogens is 1. The number of hydrogen-bond acceptors (Lipinski definition) is 0. The summed E-state index contributed by atoms with van der Waals surface area (Å²) in [7, 11) is -6.00. The SMILES string of the molecule is CCC(Cl)=C[n+]1[te]c2ccc(C)cc2c1CC.F[B-](F)(F)F. The van der Waals surface area contributed by atoms with Crippen LogP contribution in [0.15, 0.2) is 23.2 Å². The van der Waals surface area contributed by atoms with Crippen LogP contribution in [0.4, 0.5) is 17.3 Å². The second-order valence-electron chi connectivity index (χ2n) is 4.64. The second-order valence-corrected chi connectivity index (χ2v) is 8.03. The maximum atomic E-state index is 9.75. The van der Waals surface area contributed by atoms with Gasteiger partial charge in [0.1, 0.15) is 0 Å². The molecule has 0 aliphatic carbocycles. The van der Waals surface area contributed by atoms with Crippen molar-refractivity contribution in [2.45, 2.75) is 33.6 Å². The van der Waals surface area contributed by atoms with Crippen molar-refractivity contribution in [3.05, 3.63) is 34.5 Å². The predicted molar refractivity (Wildman–Crippen MR) is 85.8 cm³/mol. The number of fused-ring (bicyclic) bond motifs is 1. The molecule has 0 unspecified atom stereocenters. The van der Waals surface area contributed by atoms with E-state index >= 15 is 0 Å². The Hall–Kier alpha value is -0.505. The first-order valence-corrected chi connectivity index (χ1v) is 9.41. The maximum absolute atomic E-state index is 9.75. The van der Waals surface area contributed by atoms with Gasteiger partial charge in [-0.25, -0.2) is 0 Å². The van der Waals surface area contributed by atoms with Gasteiger partial charge < -0.3 is 17.3 Å².